The number of nitrogens with zero attached hydrogens (tertiary/aromatic N) is 1. The van der Waals surface area contributed by atoms with Crippen LogP contribution in [-0.2, 0) is 4.79 Å². The third-order valence-corrected chi connectivity index (χ3v) is 4.72. The maximum atomic E-state index is 13.2. The molecule has 0 saturated heterocycles. The van der Waals surface area contributed by atoms with Crippen LogP contribution in [0.25, 0.3) is 10.8 Å². The Morgan fingerprint density at radius 2 is 1.45 bits per heavy atom. The number of carbonyl (C=O) groups excluding carboxylic acids is 3. The number of rotatable bonds is 5. The molecular formula is C22H15F2NO6. The second kappa shape index (κ2) is 7.67. The Morgan fingerprint density at radius 3 is 1.97 bits per heavy atom. The third-order valence-electron chi connectivity index (χ3n) is 4.72. The van der Waals surface area contributed by atoms with Crippen LogP contribution in [0, 0.1) is 0 Å². The predicted molar refractivity (Wildman–Crippen MR) is 106 cm³/mol. The fourth-order valence-electron chi connectivity index (χ4n) is 3.59. The number of imide groups is 1. The van der Waals surface area contributed by atoms with E-state index in [9.17, 15) is 23.2 Å². The van der Waals surface area contributed by atoms with Crippen molar-refractivity contribution in [1.82, 2.24) is 0 Å². The van der Waals surface area contributed by atoms with E-state index in [4.69, 9.17) is 9.47 Å². The lowest BCUT2D eigenvalue weighted by atomic mass is 9.99. The van der Waals surface area contributed by atoms with E-state index >= 15 is 0 Å². The minimum absolute atomic E-state index is 0.0876. The van der Waals surface area contributed by atoms with Gasteiger partial charge in [0, 0.05) is 17.7 Å². The van der Waals surface area contributed by atoms with Crippen LogP contribution >= 0.6 is 0 Å². The molecule has 0 radical (unpaired) electrons. The van der Waals surface area contributed by atoms with Crippen LogP contribution in [0.1, 0.15) is 27.6 Å². The zero-order valence-electron chi connectivity index (χ0n) is 16.3. The van der Waals surface area contributed by atoms with Crippen LogP contribution in [0.5, 0.6) is 17.2 Å². The lowest BCUT2D eigenvalue weighted by Crippen LogP contribution is -2.29. The van der Waals surface area contributed by atoms with Crippen molar-refractivity contribution in [3.05, 3.63) is 59.7 Å². The molecule has 2 amide bonds. The number of halogens is 2. The Balaban J connectivity index is 1.90. The molecule has 1 aliphatic heterocycles. The standard InChI is InChI=1S/C22H15F2NO6/c1-11(26)30-13-9-7-12(8-10-13)25-20(27)16-17(21(25)28)19(31-22(23)24)15-6-4-3-5-14(15)18(16)29-2/h3-10,22H,1-2H3. The Morgan fingerprint density at radius 1 is 0.903 bits per heavy atom. The summed E-state index contributed by atoms with van der Waals surface area (Å²) in [5.41, 5.74) is -0.299. The van der Waals surface area contributed by atoms with Crippen LogP contribution in [0.2, 0.25) is 0 Å². The van der Waals surface area contributed by atoms with Gasteiger partial charge < -0.3 is 14.2 Å². The fraction of sp³-hybridized carbons (Fsp3) is 0.136. The van der Waals surface area contributed by atoms with Crippen LogP contribution in [0.4, 0.5) is 14.5 Å². The summed E-state index contributed by atoms with van der Waals surface area (Å²) in [4.78, 5) is 38.4. The molecule has 31 heavy (non-hydrogen) atoms. The minimum Gasteiger partial charge on any atom is -0.495 e. The van der Waals surface area contributed by atoms with Crippen molar-refractivity contribution in [1.29, 1.82) is 0 Å². The molecule has 158 valence electrons. The van der Waals surface area contributed by atoms with Gasteiger partial charge in [0.1, 0.15) is 17.2 Å². The number of amides is 2. The summed E-state index contributed by atoms with van der Waals surface area (Å²) in [5.74, 6) is -2.19. The third kappa shape index (κ3) is 3.33. The molecule has 0 unspecified atom stereocenters. The Hall–Kier alpha value is -4.01. The first-order valence-corrected chi connectivity index (χ1v) is 9.08. The highest BCUT2D eigenvalue weighted by Gasteiger charge is 2.43. The molecule has 0 N–H and O–H groups in total. The van der Waals surface area contributed by atoms with E-state index in [1.807, 2.05) is 0 Å². The zero-order chi connectivity index (χ0) is 22.3. The van der Waals surface area contributed by atoms with Crippen molar-refractivity contribution in [2.75, 3.05) is 12.0 Å². The summed E-state index contributed by atoms with van der Waals surface area (Å²) in [5, 5.41) is 0.569. The smallest absolute Gasteiger partial charge is 0.387 e. The lowest BCUT2D eigenvalue weighted by molar-refractivity contribution is -0.131. The van der Waals surface area contributed by atoms with E-state index in [1.165, 1.54) is 44.4 Å². The van der Waals surface area contributed by atoms with Gasteiger partial charge in [0.2, 0.25) is 0 Å². The van der Waals surface area contributed by atoms with E-state index in [0.717, 1.165) is 4.90 Å². The maximum Gasteiger partial charge on any atom is 0.387 e. The van der Waals surface area contributed by atoms with Crippen molar-refractivity contribution in [3.63, 3.8) is 0 Å². The zero-order valence-corrected chi connectivity index (χ0v) is 16.3. The van der Waals surface area contributed by atoms with E-state index in [-0.39, 0.29) is 33.7 Å². The normalized spacial score (nSPS) is 13.0. The molecule has 0 atom stereocenters. The summed E-state index contributed by atoms with van der Waals surface area (Å²) >= 11 is 0. The number of carbonyl (C=O) groups is 3. The van der Waals surface area contributed by atoms with Crippen LogP contribution in [-0.4, -0.2) is 31.5 Å². The van der Waals surface area contributed by atoms with Gasteiger partial charge in [-0.05, 0) is 24.3 Å². The summed E-state index contributed by atoms with van der Waals surface area (Å²) in [7, 11) is 1.32. The summed E-state index contributed by atoms with van der Waals surface area (Å²) in [6.45, 7) is -1.97. The van der Waals surface area contributed by atoms with Gasteiger partial charge in [0.15, 0.2) is 0 Å². The van der Waals surface area contributed by atoms with E-state index in [0.29, 0.717) is 5.39 Å². The highest BCUT2D eigenvalue weighted by atomic mass is 19.3. The minimum atomic E-state index is -3.21. The summed E-state index contributed by atoms with van der Waals surface area (Å²) < 4.78 is 41.4. The highest BCUT2D eigenvalue weighted by Crippen LogP contribution is 2.46. The highest BCUT2D eigenvalue weighted by molar-refractivity contribution is 6.38. The maximum absolute atomic E-state index is 13.2. The largest absolute Gasteiger partial charge is 0.495 e. The molecule has 0 bridgehead atoms. The molecule has 1 aliphatic rings. The average Bonchev–Trinajstić information content (AvgIpc) is 2.99. The molecule has 3 aromatic rings. The molecule has 0 fully saturated rings. The van der Waals surface area contributed by atoms with Gasteiger partial charge in [0.25, 0.3) is 11.8 Å². The number of fused-ring (bicyclic) bond motifs is 2. The number of anilines is 1. The number of methoxy groups -OCH3 is 1. The molecule has 1 heterocycles. The fourth-order valence-corrected chi connectivity index (χ4v) is 3.59. The van der Waals surface area contributed by atoms with Crippen molar-refractivity contribution in [2.45, 2.75) is 13.5 Å². The topological polar surface area (TPSA) is 82.1 Å². The van der Waals surface area contributed by atoms with Gasteiger partial charge in [-0.3, -0.25) is 14.4 Å². The lowest BCUT2D eigenvalue weighted by Gasteiger charge is -2.15. The Bertz CT molecular complexity index is 1220. The van der Waals surface area contributed by atoms with E-state index in [1.54, 1.807) is 18.2 Å². The molecule has 3 aromatic carbocycles. The van der Waals surface area contributed by atoms with Gasteiger partial charge in [-0.1, -0.05) is 24.3 Å². The molecule has 9 heteroatoms. The van der Waals surface area contributed by atoms with E-state index < -0.39 is 30.1 Å². The van der Waals surface area contributed by atoms with Gasteiger partial charge in [-0.15, -0.1) is 0 Å². The van der Waals surface area contributed by atoms with Gasteiger partial charge in [-0.2, -0.15) is 8.78 Å². The van der Waals surface area contributed by atoms with Crippen LogP contribution in [0.15, 0.2) is 48.5 Å². The number of benzene rings is 3. The summed E-state index contributed by atoms with van der Waals surface area (Å²) in [6, 6.07) is 12.0. The second-order valence-corrected chi connectivity index (χ2v) is 6.57. The van der Waals surface area contributed by atoms with Gasteiger partial charge >= 0.3 is 12.6 Å². The van der Waals surface area contributed by atoms with Gasteiger partial charge in [-0.25, -0.2) is 4.90 Å². The molecule has 7 nitrogen and oxygen atoms in total. The number of esters is 1. The molecule has 0 saturated carbocycles. The first kappa shape index (κ1) is 20.3. The Kier molecular flexibility index (Phi) is 5.02. The number of hydrogen-bond donors (Lipinski definition) is 0. The first-order valence-electron chi connectivity index (χ1n) is 9.08. The SMILES string of the molecule is COc1c2c(c(OC(F)F)c3ccccc13)C(=O)N(c1ccc(OC(C)=O)cc1)C2=O. The van der Waals surface area contributed by atoms with Gasteiger partial charge in [0.05, 0.1) is 23.9 Å². The summed E-state index contributed by atoms with van der Waals surface area (Å²) in [6.07, 6.45) is 0. The number of ether oxygens (including phenoxy) is 3. The number of hydrogen-bond acceptors (Lipinski definition) is 6. The van der Waals surface area contributed by atoms with Crippen molar-refractivity contribution < 1.29 is 37.4 Å². The quantitative estimate of drug-likeness (QED) is 0.345. The van der Waals surface area contributed by atoms with Crippen molar-refractivity contribution >= 4 is 34.2 Å². The van der Waals surface area contributed by atoms with Crippen LogP contribution < -0.4 is 19.1 Å². The van der Waals surface area contributed by atoms with Crippen molar-refractivity contribution in [2.24, 2.45) is 0 Å². The van der Waals surface area contributed by atoms with Crippen molar-refractivity contribution in [3.8, 4) is 17.2 Å². The first-order chi connectivity index (χ1) is 14.8. The Labute approximate surface area is 174 Å². The molecule has 4 rings (SSSR count). The predicted octanol–water partition coefficient (Wildman–Crippen LogP) is 4.18. The number of alkyl halides is 2. The van der Waals surface area contributed by atoms with E-state index in [2.05, 4.69) is 4.74 Å². The average molecular weight is 427 g/mol. The molecular weight excluding hydrogens is 412 g/mol. The second-order valence-electron chi connectivity index (χ2n) is 6.57. The molecule has 0 spiro atoms. The monoisotopic (exact) mass is 427 g/mol. The van der Waals surface area contributed by atoms with Crippen LogP contribution in [0.3, 0.4) is 0 Å². The molecule has 0 aliphatic carbocycles. The molecule has 0 aromatic heterocycles.